The zero-order chi connectivity index (χ0) is 37.4. The fourth-order valence-corrected chi connectivity index (χ4v) is 7.41. The monoisotopic (exact) mass is 890 g/mol. The maximum absolute atomic E-state index is 6.64. The second-order valence-corrected chi connectivity index (χ2v) is 15.2. The molecule has 278 valence electrons. The SMILES string of the molecule is Cc1cc(C)c(-c2ccnc(N(c3[c-]c(Oc4[c-]c(N5C=CN(c6c(C)cc(C)cc6C)[CH-]5)cc(C(C)(C)C)c4)ccc3)c3ccccc3)c2)c(C)c1.[Pt]. The molecular formula is C48H47N4OPt-3. The van der Waals surface area contributed by atoms with Gasteiger partial charge in [0.1, 0.15) is 5.82 Å². The number of hydrogen-bond acceptors (Lipinski definition) is 5. The predicted molar refractivity (Wildman–Crippen MR) is 221 cm³/mol. The normalized spacial score (nSPS) is 12.5. The number of nitrogens with zero attached hydrogens (tertiary/aromatic N) is 4. The molecule has 0 atom stereocenters. The van der Waals surface area contributed by atoms with Gasteiger partial charge >= 0.3 is 0 Å². The molecule has 0 amide bonds. The molecule has 5 aromatic carbocycles. The Morgan fingerprint density at radius 2 is 1.31 bits per heavy atom. The summed E-state index contributed by atoms with van der Waals surface area (Å²) in [5.74, 6) is 2.01. The Hall–Kier alpha value is -5.12. The molecule has 6 heteroatoms. The largest absolute Gasteiger partial charge is 0.509 e. The predicted octanol–water partition coefficient (Wildman–Crippen LogP) is 12.7. The zero-order valence-corrected chi connectivity index (χ0v) is 34.8. The molecule has 0 fully saturated rings. The average molecular weight is 891 g/mol. The molecule has 0 aliphatic carbocycles. The molecule has 0 bridgehead atoms. The van der Waals surface area contributed by atoms with E-state index in [-0.39, 0.29) is 26.5 Å². The number of benzene rings is 5. The molecule has 1 aliphatic heterocycles. The molecule has 5 nitrogen and oxygen atoms in total. The fraction of sp³-hybridized carbons (Fsp3) is 0.208. The van der Waals surface area contributed by atoms with Crippen LogP contribution in [0.3, 0.4) is 0 Å². The third kappa shape index (κ3) is 8.17. The van der Waals surface area contributed by atoms with Gasteiger partial charge in [-0.1, -0.05) is 80.1 Å². The quantitative estimate of drug-likeness (QED) is 0.142. The van der Waals surface area contributed by atoms with E-state index in [9.17, 15) is 0 Å². The van der Waals surface area contributed by atoms with E-state index in [0.717, 1.165) is 34.0 Å². The molecule has 54 heavy (non-hydrogen) atoms. The van der Waals surface area contributed by atoms with E-state index in [1.807, 2.05) is 42.6 Å². The number of hydrogen-bond donors (Lipinski definition) is 0. The van der Waals surface area contributed by atoms with Crippen LogP contribution in [0, 0.1) is 60.3 Å². The van der Waals surface area contributed by atoms with Crippen molar-refractivity contribution in [2.24, 2.45) is 0 Å². The van der Waals surface area contributed by atoms with Crippen LogP contribution in [0.4, 0.5) is 28.6 Å². The second kappa shape index (κ2) is 15.7. The second-order valence-electron chi connectivity index (χ2n) is 15.2. The van der Waals surface area contributed by atoms with Crippen molar-refractivity contribution in [1.82, 2.24) is 4.98 Å². The van der Waals surface area contributed by atoms with Gasteiger partial charge in [0.15, 0.2) is 0 Å². The van der Waals surface area contributed by atoms with Gasteiger partial charge in [-0.15, -0.1) is 54.3 Å². The van der Waals surface area contributed by atoms with Crippen LogP contribution in [0.1, 0.15) is 59.7 Å². The van der Waals surface area contributed by atoms with Gasteiger partial charge in [-0.3, -0.25) is 0 Å². The van der Waals surface area contributed by atoms with E-state index in [0.29, 0.717) is 11.5 Å². The van der Waals surface area contributed by atoms with E-state index >= 15 is 0 Å². The Labute approximate surface area is 336 Å². The third-order valence-electron chi connectivity index (χ3n) is 9.67. The molecule has 0 N–H and O–H groups in total. The van der Waals surface area contributed by atoms with Crippen molar-refractivity contribution >= 4 is 28.6 Å². The van der Waals surface area contributed by atoms with E-state index < -0.39 is 0 Å². The van der Waals surface area contributed by atoms with Gasteiger partial charge in [-0.2, -0.15) is 6.07 Å². The molecule has 2 heterocycles. The van der Waals surface area contributed by atoms with Crippen molar-refractivity contribution in [3.8, 4) is 22.6 Å². The Morgan fingerprint density at radius 3 is 1.98 bits per heavy atom. The molecule has 0 saturated heterocycles. The van der Waals surface area contributed by atoms with Gasteiger partial charge in [0.2, 0.25) is 0 Å². The summed E-state index contributed by atoms with van der Waals surface area (Å²) in [4.78, 5) is 11.3. The van der Waals surface area contributed by atoms with Crippen molar-refractivity contribution < 1.29 is 25.8 Å². The molecule has 0 saturated carbocycles. The van der Waals surface area contributed by atoms with Crippen LogP contribution in [0.2, 0.25) is 0 Å². The first-order chi connectivity index (χ1) is 25.3. The number of anilines is 5. The fourth-order valence-electron chi connectivity index (χ4n) is 7.41. The van der Waals surface area contributed by atoms with Gasteiger partial charge in [-0.25, -0.2) is 4.98 Å². The molecule has 6 aromatic rings. The van der Waals surface area contributed by atoms with E-state index in [4.69, 9.17) is 9.72 Å². The van der Waals surface area contributed by atoms with Crippen molar-refractivity contribution in [1.29, 1.82) is 0 Å². The van der Waals surface area contributed by atoms with Crippen LogP contribution in [-0.4, -0.2) is 4.98 Å². The van der Waals surface area contributed by atoms with Crippen LogP contribution in [-0.2, 0) is 26.5 Å². The topological polar surface area (TPSA) is 31.8 Å². The molecule has 1 aliphatic rings. The molecule has 0 unspecified atom stereocenters. The first kappa shape index (κ1) is 38.6. The zero-order valence-electron chi connectivity index (χ0n) is 32.6. The minimum Gasteiger partial charge on any atom is -0.509 e. The Morgan fingerprint density at radius 1 is 0.667 bits per heavy atom. The number of para-hydroxylation sites is 1. The molecule has 1 aromatic heterocycles. The van der Waals surface area contributed by atoms with Crippen molar-refractivity contribution in [3.63, 3.8) is 0 Å². The third-order valence-corrected chi connectivity index (χ3v) is 9.67. The number of rotatable bonds is 8. The standard InChI is InChI=1S/C48H47N4O.Pt/c1-32-22-34(3)46(35(4)23-32)38-18-19-49-45(26-38)52(40-14-11-10-12-15-40)41-16-13-17-43(29-41)53-44-28-39(48(7,8)9)27-42(30-44)50-20-21-51(31-50)47-36(5)24-33(2)25-37(47)6;/h10-28,31H,1-9H3;/q-3;. The number of ether oxygens (including phenoxy) is 1. The first-order valence-corrected chi connectivity index (χ1v) is 18.2. The summed E-state index contributed by atoms with van der Waals surface area (Å²) in [6.45, 7) is 21.7. The van der Waals surface area contributed by atoms with Crippen LogP contribution in [0.15, 0.2) is 116 Å². The first-order valence-electron chi connectivity index (χ1n) is 18.2. The maximum Gasteiger partial charge on any atom is 0.136 e. The van der Waals surface area contributed by atoms with Crippen molar-refractivity contribution in [2.45, 2.75) is 67.7 Å². The Bertz CT molecular complexity index is 2280. The van der Waals surface area contributed by atoms with Gasteiger partial charge in [0, 0.05) is 50.1 Å². The van der Waals surface area contributed by atoms with Gasteiger partial charge in [0.25, 0.3) is 0 Å². The number of aromatic nitrogens is 1. The summed E-state index contributed by atoms with van der Waals surface area (Å²) < 4.78 is 6.64. The van der Waals surface area contributed by atoms with E-state index in [1.165, 1.54) is 44.6 Å². The van der Waals surface area contributed by atoms with Crippen molar-refractivity contribution in [2.75, 3.05) is 14.7 Å². The molecular weight excluding hydrogens is 844 g/mol. The average Bonchev–Trinajstić information content (AvgIpc) is 3.58. The van der Waals surface area contributed by atoms with Crippen LogP contribution < -0.4 is 19.4 Å². The summed E-state index contributed by atoms with van der Waals surface area (Å²) in [6.07, 6.45) is 6.06. The summed E-state index contributed by atoms with van der Waals surface area (Å²) in [7, 11) is 0. The molecule has 0 spiro atoms. The Kier molecular flexibility index (Phi) is 11.2. The number of pyridine rings is 1. The van der Waals surface area contributed by atoms with Crippen molar-refractivity contribution in [3.05, 3.63) is 173 Å². The summed E-state index contributed by atoms with van der Waals surface area (Å²) in [5, 5.41) is 0. The molecule has 0 radical (unpaired) electrons. The summed E-state index contributed by atoms with van der Waals surface area (Å²) in [5.41, 5.74) is 14.8. The van der Waals surface area contributed by atoms with Gasteiger partial charge in [-0.05, 0) is 117 Å². The van der Waals surface area contributed by atoms with Gasteiger partial charge < -0.3 is 19.4 Å². The van der Waals surface area contributed by atoms with Crippen LogP contribution in [0.25, 0.3) is 11.1 Å². The maximum atomic E-state index is 6.64. The molecule has 7 rings (SSSR count). The van der Waals surface area contributed by atoms with Gasteiger partial charge in [0.05, 0.1) is 0 Å². The van der Waals surface area contributed by atoms with Crippen LogP contribution >= 0.6 is 0 Å². The minimum atomic E-state index is -0.115. The number of aryl methyl sites for hydroxylation is 6. The van der Waals surface area contributed by atoms with E-state index in [2.05, 4.69) is 169 Å². The van der Waals surface area contributed by atoms with Crippen LogP contribution in [0.5, 0.6) is 11.5 Å². The van der Waals surface area contributed by atoms with E-state index in [1.54, 1.807) is 0 Å². The summed E-state index contributed by atoms with van der Waals surface area (Å²) >= 11 is 0. The minimum absolute atomic E-state index is 0. The smallest absolute Gasteiger partial charge is 0.136 e. The summed E-state index contributed by atoms with van der Waals surface area (Å²) in [6, 6.07) is 40.9. The Balaban J connectivity index is 0.00000497.